The molecule has 3 nitrogen and oxygen atoms in total. The monoisotopic (exact) mass is 408 g/mol. The lowest BCUT2D eigenvalue weighted by Gasteiger charge is -2.26. The second kappa shape index (κ2) is 8.49. The van der Waals surface area contributed by atoms with Gasteiger partial charge in [-0.25, -0.2) is 4.79 Å². The first-order valence-electron chi connectivity index (χ1n) is 10.2. The van der Waals surface area contributed by atoms with Crippen LogP contribution < -0.4 is 4.74 Å². The lowest BCUT2D eigenvalue weighted by atomic mass is 9.78. The summed E-state index contributed by atoms with van der Waals surface area (Å²) < 4.78 is 5.82. The van der Waals surface area contributed by atoms with Crippen molar-refractivity contribution in [3.63, 3.8) is 0 Å². The average Bonchev–Trinajstić information content (AvgIpc) is 2.81. The van der Waals surface area contributed by atoms with Gasteiger partial charge in [-0.1, -0.05) is 80.6 Å². The highest BCUT2D eigenvalue weighted by Gasteiger charge is 2.22. The number of hydrogen-bond acceptors (Lipinski definition) is 2. The topological polar surface area (TPSA) is 46.5 Å². The zero-order valence-electron chi connectivity index (χ0n) is 17.6. The molecule has 0 heterocycles. The van der Waals surface area contributed by atoms with Gasteiger partial charge in [0.25, 0.3) is 0 Å². The third-order valence-electron chi connectivity index (χ3n) is 5.63. The maximum absolute atomic E-state index is 10.9. The van der Waals surface area contributed by atoms with E-state index in [-0.39, 0.29) is 11.0 Å². The predicted molar refractivity (Wildman–Crippen MR) is 124 cm³/mol. The number of carboxylic acid groups (broad SMARTS) is 1. The average molecular weight is 408 g/mol. The minimum absolute atomic E-state index is 0.0618. The van der Waals surface area contributed by atoms with E-state index in [9.17, 15) is 4.79 Å². The summed E-state index contributed by atoms with van der Waals surface area (Å²) in [5.74, 6) is 0.355. The van der Waals surface area contributed by atoms with Crippen LogP contribution in [0.4, 0.5) is 0 Å². The molecule has 0 aliphatic heterocycles. The minimum atomic E-state index is -0.950. The lowest BCUT2D eigenvalue weighted by molar-refractivity contribution is 0.0697. The van der Waals surface area contributed by atoms with Gasteiger partial charge in [-0.3, -0.25) is 0 Å². The van der Waals surface area contributed by atoms with Crippen molar-refractivity contribution in [2.75, 3.05) is 0 Å². The Labute approximate surface area is 182 Å². The van der Waals surface area contributed by atoms with E-state index < -0.39 is 5.97 Å². The van der Waals surface area contributed by atoms with Gasteiger partial charge in [0.15, 0.2) is 0 Å². The summed E-state index contributed by atoms with van der Waals surface area (Å²) in [6.07, 6.45) is 0. The van der Waals surface area contributed by atoms with Crippen LogP contribution in [0.1, 0.15) is 35.3 Å². The summed E-state index contributed by atoms with van der Waals surface area (Å²) in [6, 6.07) is 33.5. The summed E-state index contributed by atoms with van der Waals surface area (Å²) in [4.78, 5) is 10.9. The summed E-state index contributed by atoms with van der Waals surface area (Å²) >= 11 is 0. The van der Waals surface area contributed by atoms with Gasteiger partial charge in [0.2, 0.25) is 0 Å². The highest BCUT2D eigenvalue weighted by Crippen LogP contribution is 2.33. The first-order chi connectivity index (χ1) is 14.9. The summed E-state index contributed by atoms with van der Waals surface area (Å²) in [7, 11) is 0. The molecule has 3 heteroatoms. The van der Waals surface area contributed by atoms with Crippen LogP contribution in [-0.2, 0) is 5.41 Å². The van der Waals surface area contributed by atoms with Crippen LogP contribution in [0, 0.1) is 0 Å². The number of carboxylic acids is 1. The Hall–Kier alpha value is -3.85. The van der Waals surface area contributed by atoms with Gasteiger partial charge in [-0.05, 0) is 58.7 Å². The van der Waals surface area contributed by atoms with Crippen LogP contribution in [0.3, 0.4) is 0 Å². The number of rotatable bonds is 6. The van der Waals surface area contributed by atoms with Crippen molar-refractivity contribution in [1.29, 1.82) is 0 Å². The predicted octanol–water partition coefficient (Wildman–Crippen LogP) is 7.17. The van der Waals surface area contributed by atoms with Crippen LogP contribution >= 0.6 is 0 Å². The zero-order chi connectivity index (χ0) is 21.8. The van der Waals surface area contributed by atoms with Crippen molar-refractivity contribution in [3.8, 4) is 22.6 Å². The maximum atomic E-state index is 10.9. The van der Waals surface area contributed by atoms with Gasteiger partial charge in [0, 0.05) is 5.41 Å². The molecule has 31 heavy (non-hydrogen) atoms. The van der Waals surface area contributed by atoms with E-state index in [4.69, 9.17) is 9.84 Å². The Kier molecular flexibility index (Phi) is 5.59. The quantitative estimate of drug-likeness (QED) is 0.368. The highest BCUT2D eigenvalue weighted by molar-refractivity contribution is 5.87. The Morgan fingerprint density at radius 3 is 1.61 bits per heavy atom. The van der Waals surface area contributed by atoms with Crippen LogP contribution in [0.25, 0.3) is 11.1 Å². The standard InChI is InChI=1S/C28H24O3/c1-28(2,23-6-4-3-5-7-23)24-14-8-20(9-15-24)21-10-16-25(17-11-21)31-26-18-12-22(13-19-26)27(29)30/h3-19H,1-2H3,(H,29,30). The number of hydrogen-bond donors (Lipinski definition) is 1. The molecule has 0 aliphatic carbocycles. The molecule has 0 saturated heterocycles. The van der Waals surface area contributed by atoms with E-state index in [1.807, 2.05) is 30.3 Å². The number of carbonyl (C=O) groups is 1. The van der Waals surface area contributed by atoms with Gasteiger partial charge in [-0.2, -0.15) is 0 Å². The smallest absolute Gasteiger partial charge is 0.335 e. The SMILES string of the molecule is CC(C)(c1ccccc1)c1ccc(-c2ccc(Oc3ccc(C(=O)O)cc3)cc2)cc1. The number of ether oxygens (including phenoxy) is 1. The fourth-order valence-corrected chi connectivity index (χ4v) is 3.62. The molecule has 0 spiro atoms. The van der Waals surface area contributed by atoms with Gasteiger partial charge in [0.1, 0.15) is 11.5 Å². The molecular formula is C28H24O3. The van der Waals surface area contributed by atoms with Crippen LogP contribution in [0.15, 0.2) is 103 Å². The van der Waals surface area contributed by atoms with Crippen LogP contribution in [-0.4, -0.2) is 11.1 Å². The van der Waals surface area contributed by atoms with E-state index in [0.29, 0.717) is 11.5 Å². The summed E-state index contributed by atoms with van der Waals surface area (Å²) in [5, 5.41) is 8.98. The highest BCUT2D eigenvalue weighted by atomic mass is 16.5. The van der Waals surface area contributed by atoms with Gasteiger partial charge in [-0.15, -0.1) is 0 Å². The number of aromatic carboxylic acids is 1. The molecule has 0 amide bonds. The molecule has 0 saturated carbocycles. The van der Waals surface area contributed by atoms with Gasteiger partial charge >= 0.3 is 5.97 Å². The molecule has 154 valence electrons. The molecule has 0 fully saturated rings. The number of benzene rings is 4. The molecule has 4 aromatic rings. The second-order valence-corrected chi connectivity index (χ2v) is 8.02. The minimum Gasteiger partial charge on any atom is -0.478 e. The largest absolute Gasteiger partial charge is 0.478 e. The van der Waals surface area contributed by atoms with E-state index in [2.05, 4.69) is 62.4 Å². The first kappa shape index (κ1) is 20.4. The molecule has 0 aliphatic rings. The van der Waals surface area contributed by atoms with E-state index in [1.165, 1.54) is 23.3 Å². The Bertz CT molecular complexity index is 1160. The van der Waals surface area contributed by atoms with E-state index >= 15 is 0 Å². The van der Waals surface area contributed by atoms with Crippen molar-refractivity contribution in [2.45, 2.75) is 19.3 Å². The normalized spacial score (nSPS) is 11.2. The lowest BCUT2D eigenvalue weighted by Crippen LogP contribution is -2.18. The Morgan fingerprint density at radius 1 is 0.645 bits per heavy atom. The molecule has 4 aromatic carbocycles. The van der Waals surface area contributed by atoms with E-state index in [1.54, 1.807) is 12.1 Å². The van der Waals surface area contributed by atoms with Crippen molar-refractivity contribution in [2.24, 2.45) is 0 Å². The van der Waals surface area contributed by atoms with Crippen molar-refractivity contribution >= 4 is 5.97 Å². The maximum Gasteiger partial charge on any atom is 0.335 e. The fraction of sp³-hybridized carbons (Fsp3) is 0.107. The van der Waals surface area contributed by atoms with Crippen LogP contribution in [0.2, 0.25) is 0 Å². The van der Waals surface area contributed by atoms with E-state index in [0.717, 1.165) is 11.1 Å². The Balaban J connectivity index is 1.48. The molecule has 0 aromatic heterocycles. The Morgan fingerprint density at radius 2 is 1.10 bits per heavy atom. The molecule has 0 radical (unpaired) electrons. The first-order valence-corrected chi connectivity index (χ1v) is 10.2. The molecule has 4 rings (SSSR count). The zero-order valence-corrected chi connectivity index (χ0v) is 17.6. The fourth-order valence-electron chi connectivity index (χ4n) is 3.62. The molecule has 0 atom stereocenters. The van der Waals surface area contributed by atoms with Gasteiger partial charge in [0.05, 0.1) is 5.56 Å². The second-order valence-electron chi connectivity index (χ2n) is 8.02. The van der Waals surface area contributed by atoms with Gasteiger partial charge < -0.3 is 9.84 Å². The van der Waals surface area contributed by atoms with Crippen molar-refractivity contribution < 1.29 is 14.6 Å². The van der Waals surface area contributed by atoms with Crippen LogP contribution in [0.5, 0.6) is 11.5 Å². The third-order valence-corrected chi connectivity index (χ3v) is 5.63. The van der Waals surface area contributed by atoms with Crippen molar-refractivity contribution in [3.05, 3.63) is 120 Å². The summed E-state index contributed by atoms with van der Waals surface area (Å²) in [6.45, 7) is 4.49. The molecule has 0 unspecified atom stereocenters. The molecule has 0 bridgehead atoms. The third kappa shape index (κ3) is 4.51. The molecule has 1 N–H and O–H groups in total. The summed E-state index contributed by atoms with van der Waals surface area (Å²) in [5.41, 5.74) is 4.99. The molecular weight excluding hydrogens is 384 g/mol. The van der Waals surface area contributed by atoms with Crippen molar-refractivity contribution in [1.82, 2.24) is 0 Å².